The number of rotatable bonds is 4. The van der Waals surface area contributed by atoms with Gasteiger partial charge in [-0.25, -0.2) is 0 Å². The van der Waals surface area contributed by atoms with E-state index in [1.165, 1.54) is 17.4 Å². The third-order valence-corrected chi connectivity index (χ3v) is 3.98. The number of ether oxygens (including phenoxy) is 1. The number of para-hydroxylation sites is 1. The molecule has 0 aliphatic heterocycles. The van der Waals surface area contributed by atoms with Crippen LogP contribution in [-0.4, -0.2) is 4.92 Å². The van der Waals surface area contributed by atoms with Gasteiger partial charge in [-0.1, -0.05) is 24.3 Å². The second kappa shape index (κ2) is 5.87. The number of benzene rings is 2. The van der Waals surface area contributed by atoms with E-state index >= 15 is 0 Å². The van der Waals surface area contributed by atoms with Gasteiger partial charge in [-0.3, -0.25) is 10.1 Å². The first-order valence-electron chi connectivity index (χ1n) is 6.50. The van der Waals surface area contributed by atoms with Gasteiger partial charge in [-0.15, -0.1) is 11.3 Å². The van der Waals surface area contributed by atoms with E-state index in [0.29, 0.717) is 17.1 Å². The predicted octanol–water partition coefficient (Wildman–Crippen LogP) is 4.70. The Balaban J connectivity index is 2.18. The lowest BCUT2D eigenvalue weighted by atomic mass is 10.1. The molecule has 0 saturated carbocycles. The molecule has 1 aromatic heterocycles. The lowest BCUT2D eigenvalue weighted by Gasteiger charge is -2.12. The van der Waals surface area contributed by atoms with E-state index in [1.807, 2.05) is 35.7 Å². The van der Waals surface area contributed by atoms with E-state index in [-0.39, 0.29) is 11.4 Å². The Morgan fingerprint density at radius 2 is 1.82 bits per heavy atom. The highest BCUT2D eigenvalue weighted by Crippen LogP contribution is 2.44. The van der Waals surface area contributed by atoms with Gasteiger partial charge in [0.25, 0.3) is 0 Å². The average Bonchev–Trinajstić information content (AvgIpc) is 3.03. The van der Waals surface area contributed by atoms with Crippen molar-refractivity contribution in [1.29, 1.82) is 0 Å². The van der Waals surface area contributed by atoms with Crippen molar-refractivity contribution in [3.05, 3.63) is 70.1 Å². The van der Waals surface area contributed by atoms with Gasteiger partial charge < -0.3 is 10.5 Å². The summed E-state index contributed by atoms with van der Waals surface area (Å²) < 4.78 is 5.83. The third-order valence-electron chi connectivity index (χ3n) is 3.09. The smallest absolute Gasteiger partial charge is 0.304 e. The molecular weight excluding hydrogens is 300 g/mol. The summed E-state index contributed by atoms with van der Waals surface area (Å²) in [6, 6.07) is 15.9. The third kappa shape index (κ3) is 2.64. The van der Waals surface area contributed by atoms with Crippen LogP contribution in [0.4, 0.5) is 11.4 Å². The van der Waals surface area contributed by atoms with Gasteiger partial charge in [-0.05, 0) is 35.7 Å². The van der Waals surface area contributed by atoms with Crippen LogP contribution < -0.4 is 10.5 Å². The number of hydrogen-bond donors (Lipinski definition) is 1. The van der Waals surface area contributed by atoms with Gasteiger partial charge in [-0.2, -0.15) is 0 Å². The first-order valence-corrected chi connectivity index (χ1v) is 7.38. The standard InChI is InChI=1S/C16H12N2O3S/c17-12-8-9-13(21-11-5-2-1-3-6-11)15(16(12)18(19)20)14-7-4-10-22-14/h1-10H,17H2. The van der Waals surface area contributed by atoms with Gasteiger partial charge in [0.05, 0.1) is 4.92 Å². The summed E-state index contributed by atoms with van der Waals surface area (Å²) in [5.41, 5.74) is 6.19. The van der Waals surface area contributed by atoms with Crippen LogP contribution in [0.5, 0.6) is 11.5 Å². The minimum atomic E-state index is -0.470. The molecule has 0 spiro atoms. The number of nitro benzene ring substituents is 1. The van der Waals surface area contributed by atoms with Crippen LogP contribution in [0.25, 0.3) is 10.4 Å². The fourth-order valence-electron chi connectivity index (χ4n) is 2.14. The average molecular weight is 312 g/mol. The van der Waals surface area contributed by atoms with Crippen molar-refractivity contribution in [2.45, 2.75) is 0 Å². The second-order valence-electron chi connectivity index (χ2n) is 4.53. The minimum Gasteiger partial charge on any atom is -0.456 e. The largest absolute Gasteiger partial charge is 0.456 e. The van der Waals surface area contributed by atoms with Crippen molar-refractivity contribution < 1.29 is 9.66 Å². The van der Waals surface area contributed by atoms with Gasteiger partial charge in [0.15, 0.2) is 0 Å². The minimum absolute atomic E-state index is 0.119. The van der Waals surface area contributed by atoms with E-state index in [4.69, 9.17) is 10.5 Å². The number of nitrogens with zero attached hydrogens (tertiary/aromatic N) is 1. The molecule has 1 heterocycles. The van der Waals surface area contributed by atoms with E-state index < -0.39 is 4.92 Å². The lowest BCUT2D eigenvalue weighted by Crippen LogP contribution is -1.99. The maximum Gasteiger partial charge on any atom is 0.304 e. The van der Waals surface area contributed by atoms with Gasteiger partial charge in [0.1, 0.15) is 22.7 Å². The molecule has 2 aromatic carbocycles. The van der Waals surface area contributed by atoms with Crippen molar-refractivity contribution in [2.24, 2.45) is 0 Å². The number of anilines is 1. The van der Waals surface area contributed by atoms with Crippen LogP contribution in [0.1, 0.15) is 0 Å². The number of thiophene rings is 1. The number of hydrogen-bond acceptors (Lipinski definition) is 5. The molecule has 0 atom stereocenters. The molecule has 3 aromatic rings. The molecule has 0 fully saturated rings. The molecule has 5 nitrogen and oxygen atoms in total. The summed E-state index contributed by atoms with van der Waals surface area (Å²) in [4.78, 5) is 11.7. The highest BCUT2D eigenvalue weighted by atomic mass is 32.1. The normalized spacial score (nSPS) is 10.4. The topological polar surface area (TPSA) is 78.4 Å². The molecule has 0 radical (unpaired) electrons. The van der Waals surface area contributed by atoms with Gasteiger partial charge in [0.2, 0.25) is 0 Å². The zero-order valence-corrected chi connectivity index (χ0v) is 12.2. The van der Waals surface area contributed by atoms with Crippen molar-refractivity contribution >= 4 is 22.7 Å². The summed E-state index contributed by atoms with van der Waals surface area (Å²) in [7, 11) is 0. The Hall–Kier alpha value is -2.86. The first-order chi connectivity index (χ1) is 10.7. The molecule has 2 N–H and O–H groups in total. The number of nitro groups is 1. The Morgan fingerprint density at radius 3 is 2.45 bits per heavy atom. The van der Waals surface area contributed by atoms with Crippen molar-refractivity contribution in [2.75, 3.05) is 5.73 Å². The molecule has 0 aliphatic carbocycles. The van der Waals surface area contributed by atoms with E-state index in [0.717, 1.165) is 4.88 Å². The van der Waals surface area contributed by atoms with Crippen molar-refractivity contribution in [1.82, 2.24) is 0 Å². The van der Waals surface area contributed by atoms with E-state index in [2.05, 4.69) is 0 Å². The molecule has 22 heavy (non-hydrogen) atoms. The summed E-state index contributed by atoms with van der Waals surface area (Å²) in [5.74, 6) is 1.02. The van der Waals surface area contributed by atoms with Crippen molar-refractivity contribution in [3.8, 4) is 21.9 Å². The molecule has 0 saturated heterocycles. The van der Waals surface area contributed by atoms with Crippen molar-refractivity contribution in [3.63, 3.8) is 0 Å². The second-order valence-corrected chi connectivity index (χ2v) is 5.47. The highest BCUT2D eigenvalue weighted by Gasteiger charge is 2.25. The Morgan fingerprint density at radius 1 is 1.05 bits per heavy atom. The fourth-order valence-corrected chi connectivity index (χ4v) is 2.92. The fraction of sp³-hybridized carbons (Fsp3) is 0. The quantitative estimate of drug-likeness (QED) is 0.430. The van der Waals surface area contributed by atoms with Crippen LogP contribution in [0.15, 0.2) is 60.0 Å². The molecule has 6 heteroatoms. The molecule has 0 aliphatic rings. The SMILES string of the molecule is Nc1ccc(Oc2ccccc2)c(-c2cccs2)c1[N+](=O)[O-]. The zero-order valence-electron chi connectivity index (χ0n) is 11.4. The van der Waals surface area contributed by atoms with Crippen LogP contribution in [0.2, 0.25) is 0 Å². The molecule has 3 rings (SSSR count). The summed E-state index contributed by atoms with van der Waals surface area (Å²) >= 11 is 1.40. The molecule has 0 bridgehead atoms. The van der Waals surface area contributed by atoms with Crippen LogP contribution in [0.3, 0.4) is 0 Å². The first kappa shape index (κ1) is 14.1. The Labute approximate surface area is 130 Å². The zero-order chi connectivity index (χ0) is 15.5. The van der Waals surface area contributed by atoms with Crippen LogP contribution in [0, 0.1) is 10.1 Å². The number of nitrogens with two attached hydrogens (primary N) is 1. The molecule has 0 amide bonds. The predicted molar refractivity (Wildman–Crippen MR) is 87.3 cm³/mol. The molecular formula is C16H12N2O3S. The van der Waals surface area contributed by atoms with Gasteiger partial charge >= 0.3 is 5.69 Å². The van der Waals surface area contributed by atoms with Crippen LogP contribution in [-0.2, 0) is 0 Å². The Bertz CT molecular complexity index is 802. The summed E-state index contributed by atoms with van der Waals surface area (Å²) in [5, 5.41) is 13.3. The van der Waals surface area contributed by atoms with E-state index in [1.54, 1.807) is 18.2 Å². The summed E-state index contributed by atoms with van der Waals surface area (Å²) in [6.07, 6.45) is 0. The maximum atomic E-state index is 11.4. The highest BCUT2D eigenvalue weighted by molar-refractivity contribution is 7.13. The summed E-state index contributed by atoms with van der Waals surface area (Å²) in [6.45, 7) is 0. The Kier molecular flexibility index (Phi) is 3.76. The maximum absolute atomic E-state index is 11.4. The molecule has 0 unspecified atom stereocenters. The molecule has 110 valence electrons. The number of nitrogen functional groups attached to an aromatic ring is 1. The monoisotopic (exact) mass is 312 g/mol. The van der Waals surface area contributed by atoms with Gasteiger partial charge in [0, 0.05) is 4.88 Å². The van der Waals surface area contributed by atoms with Crippen LogP contribution >= 0.6 is 11.3 Å². The lowest BCUT2D eigenvalue weighted by molar-refractivity contribution is -0.383. The van der Waals surface area contributed by atoms with E-state index in [9.17, 15) is 10.1 Å².